The third kappa shape index (κ3) is 1.22. The van der Waals surface area contributed by atoms with Crippen LogP contribution in [0, 0.1) is 6.92 Å². The lowest BCUT2D eigenvalue weighted by molar-refractivity contribution is 0.112. The summed E-state index contributed by atoms with van der Waals surface area (Å²) in [6, 6.07) is 1.91. The van der Waals surface area contributed by atoms with Gasteiger partial charge in [-0.15, -0.1) is 11.3 Å². The van der Waals surface area contributed by atoms with E-state index in [0.29, 0.717) is 0 Å². The van der Waals surface area contributed by atoms with Crippen LogP contribution in [0.1, 0.15) is 14.5 Å². The summed E-state index contributed by atoms with van der Waals surface area (Å²) in [5, 5.41) is 0. The van der Waals surface area contributed by atoms with Crippen molar-refractivity contribution in [3.8, 4) is 0 Å². The average molecular weight is 138 g/mol. The molecule has 1 aromatic heterocycles. The van der Waals surface area contributed by atoms with Crippen molar-refractivity contribution >= 4 is 30.9 Å². The maximum Gasteiger partial charge on any atom is 0.159 e. The largest absolute Gasteiger partial charge is 0.297 e. The first kappa shape index (κ1) is 6.55. The van der Waals surface area contributed by atoms with E-state index in [1.54, 1.807) is 11.3 Å². The van der Waals surface area contributed by atoms with Crippen molar-refractivity contribution < 1.29 is 4.79 Å². The second-order valence-electron chi connectivity index (χ2n) is 2.01. The molecule has 0 aliphatic rings. The molecule has 0 bridgehead atoms. The van der Waals surface area contributed by atoms with Crippen LogP contribution in [0.15, 0.2) is 6.07 Å². The zero-order chi connectivity index (χ0) is 6.85. The zero-order valence-electron chi connectivity index (χ0n) is 5.47. The molecule has 0 fully saturated rings. The molecule has 0 saturated carbocycles. The van der Waals surface area contributed by atoms with Gasteiger partial charge in [0, 0.05) is 0 Å². The van der Waals surface area contributed by atoms with Gasteiger partial charge in [-0.2, -0.15) is 0 Å². The first-order valence-electron chi connectivity index (χ1n) is 2.76. The second-order valence-corrected chi connectivity index (χ2v) is 3.29. The lowest BCUT2D eigenvalue weighted by Crippen LogP contribution is -1.99. The number of carbonyl (C=O) groups excluding carboxylic acids is 1. The van der Waals surface area contributed by atoms with Crippen LogP contribution < -0.4 is 5.46 Å². The van der Waals surface area contributed by atoms with Crippen LogP contribution in [0.3, 0.4) is 0 Å². The van der Waals surface area contributed by atoms with Gasteiger partial charge in [0.25, 0.3) is 0 Å². The summed E-state index contributed by atoms with van der Waals surface area (Å²) in [5.74, 6) is 0. The summed E-state index contributed by atoms with van der Waals surface area (Å²) in [6.07, 6.45) is 0.894. The highest BCUT2D eigenvalue weighted by Gasteiger charge is 1.97. The Hall–Kier alpha value is -0.565. The molecule has 46 valence electrons. The Labute approximate surface area is 59.1 Å². The molecule has 0 spiro atoms. The third-order valence-electron chi connectivity index (χ3n) is 1.30. The van der Waals surface area contributed by atoms with E-state index in [9.17, 15) is 4.79 Å². The Kier molecular flexibility index (Phi) is 1.71. The van der Waals surface area contributed by atoms with E-state index < -0.39 is 0 Å². The smallest absolute Gasteiger partial charge is 0.159 e. The molecule has 0 amide bonds. The summed E-state index contributed by atoms with van der Waals surface area (Å²) in [5.41, 5.74) is 1.21. The molecule has 1 rings (SSSR count). The Morgan fingerprint density at radius 2 is 2.44 bits per heavy atom. The number of thiophene rings is 1. The van der Waals surface area contributed by atoms with Gasteiger partial charge in [-0.3, -0.25) is 4.79 Å². The third-order valence-corrected chi connectivity index (χ3v) is 2.38. The summed E-state index contributed by atoms with van der Waals surface area (Å²) < 4.78 is 0. The van der Waals surface area contributed by atoms with E-state index in [-0.39, 0.29) is 0 Å². The Balaban J connectivity index is 3.11. The van der Waals surface area contributed by atoms with E-state index in [4.69, 9.17) is 0 Å². The fourth-order valence-corrected chi connectivity index (χ4v) is 1.52. The Morgan fingerprint density at radius 3 is 2.67 bits per heavy atom. The van der Waals surface area contributed by atoms with E-state index in [1.807, 2.05) is 20.8 Å². The molecule has 0 aromatic carbocycles. The molecular weight excluding hydrogens is 131 g/mol. The summed E-state index contributed by atoms with van der Waals surface area (Å²) in [4.78, 5) is 12.2. The maximum atomic E-state index is 10.2. The molecular formula is C6H7BOS. The van der Waals surface area contributed by atoms with Gasteiger partial charge >= 0.3 is 0 Å². The van der Waals surface area contributed by atoms with Crippen molar-refractivity contribution in [1.29, 1.82) is 0 Å². The first-order valence-corrected chi connectivity index (χ1v) is 3.58. The van der Waals surface area contributed by atoms with Gasteiger partial charge in [0.1, 0.15) is 7.85 Å². The highest BCUT2D eigenvalue weighted by molar-refractivity contribution is 7.14. The lowest BCUT2D eigenvalue weighted by Gasteiger charge is -1.79. The quantitative estimate of drug-likeness (QED) is 0.398. The van der Waals surface area contributed by atoms with E-state index in [0.717, 1.165) is 11.2 Å². The normalized spacial score (nSPS) is 9.44. The van der Waals surface area contributed by atoms with E-state index in [1.165, 1.54) is 10.3 Å². The Morgan fingerprint density at radius 1 is 1.78 bits per heavy atom. The lowest BCUT2D eigenvalue weighted by atomic mass is 9.97. The van der Waals surface area contributed by atoms with Gasteiger partial charge < -0.3 is 0 Å². The fourth-order valence-electron chi connectivity index (χ4n) is 0.660. The van der Waals surface area contributed by atoms with Crippen molar-refractivity contribution in [2.24, 2.45) is 0 Å². The van der Waals surface area contributed by atoms with Crippen LogP contribution in [-0.2, 0) is 0 Å². The predicted molar refractivity (Wildman–Crippen MR) is 42.6 cm³/mol. The SMILES string of the molecule is Bc1cc(C=O)sc1C. The number of hydrogen-bond acceptors (Lipinski definition) is 2. The zero-order valence-corrected chi connectivity index (χ0v) is 6.29. The molecule has 1 nitrogen and oxygen atoms in total. The fraction of sp³-hybridized carbons (Fsp3) is 0.167. The molecule has 0 aliphatic carbocycles. The van der Waals surface area contributed by atoms with Crippen molar-refractivity contribution in [2.75, 3.05) is 0 Å². The van der Waals surface area contributed by atoms with Gasteiger partial charge in [-0.1, -0.05) is 5.46 Å². The molecule has 0 N–H and O–H groups in total. The number of carbonyl (C=O) groups is 1. The topological polar surface area (TPSA) is 17.1 Å². The second kappa shape index (κ2) is 2.35. The first-order chi connectivity index (χ1) is 4.24. The summed E-state index contributed by atoms with van der Waals surface area (Å²) >= 11 is 1.55. The van der Waals surface area contributed by atoms with Crippen LogP contribution in [0.5, 0.6) is 0 Å². The van der Waals surface area contributed by atoms with Crippen LogP contribution in [-0.4, -0.2) is 14.1 Å². The molecule has 1 heterocycles. The van der Waals surface area contributed by atoms with Crippen molar-refractivity contribution in [3.05, 3.63) is 15.8 Å². The highest BCUT2D eigenvalue weighted by Crippen LogP contribution is 2.08. The highest BCUT2D eigenvalue weighted by atomic mass is 32.1. The van der Waals surface area contributed by atoms with Crippen LogP contribution >= 0.6 is 11.3 Å². The van der Waals surface area contributed by atoms with Gasteiger partial charge in [-0.05, 0) is 17.9 Å². The van der Waals surface area contributed by atoms with Gasteiger partial charge in [0.15, 0.2) is 6.29 Å². The Bertz CT molecular complexity index is 209. The predicted octanol–water partition coefficient (Wildman–Crippen LogP) is 0.127. The minimum absolute atomic E-state index is 0.824. The number of rotatable bonds is 1. The summed E-state index contributed by atoms with van der Waals surface area (Å²) in [6.45, 7) is 2.02. The molecule has 9 heavy (non-hydrogen) atoms. The maximum absolute atomic E-state index is 10.2. The van der Waals surface area contributed by atoms with Crippen LogP contribution in [0.25, 0.3) is 0 Å². The molecule has 0 unspecified atom stereocenters. The van der Waals surface area contributed by atoms with E-state index in [2.05, 4.69) is 0 Å². The molecule has 0 aliphatic heterocycles. The molecule has 1 aromatic rings. The van der Waals surface area contributed by atoms with Crippen molar-refractivity contribution in [2.45, 2.75) is 6.92 Å². The summed E-state index contributed by atoms with van der Waals surface area (Å²) in [7, 11) is 2.01. The monoisotopic (exact) mass is 138 g/mol. The molecule has 0 saturated heterocycles. The van der Waals surface area contributed by atoms with Crippen molar-refractivity contribution in [1.82, 2.24) is 0 Å². The van der Waals surface area contributed by atoms with Gasteiger partial charge in [-0.25, -0.2) is 0 Å². The van der Waals surface area contributed by atoms with Gasteiger partial charge in [0.05, 0.1) is 4.88 Å². The van der Waals surface area contributed by atoms with E-state index >= 15 is 0 Å². The van der Waals surface area contributed by atoms with Crippen LogP contribution in [0.2, 0.25) is 0 Å². The van der Waals surface area contributed by atoms with Crippen LogP contribution in [0.4, 0.5) is 0 Å². The number of hydrogen-bond donors (Lipinski definition) is 0. The minimum Gasteiger partial charge on any atom is -0.297 e. The van der Waals surface area contributed by atoms with Crippen molar-refractivity contribution in [3.63, 3.8) is 0 Å². The average Bonchev–Trinajstić information content (AvgIpc) is 2.13. The van der Waals surface area contributed by atoms with Gasteiger partial charge in [0.2, 0.25) is 0 Å². The standard InChI is InChI=1S/C6H7BOS/c1-4-6(7)2-5(3-8)9-4/h2-3H,7H2,1H3. The number of aldehydes is 1. The molecule has 0 atom stereocenters. The minimum atomic E-state index is 0.824. The molecule has 0 radical (unpaired) electrons. The number of aryl methyl sites for hydroxylation is 1. The molecule has 3 heteroatoms.